The molecule has 1 aliphatic heterocycles. The molecule has 1 aromatic heterocycles. The SMILES string of the molecule is C[n+]1ccccc1[P@@]1(=O)OCC(C)(C)[C@H](c2ccccc2)O1. The van der Waals surface area contributed by atoms with Gasteiger partial charge in [-0.1, -0.05) is 44.2 Å². The molecule has 0 aliphatic carbocycles. The average Bonchev–Trinajstić information content (AvgIpc) is 2.51. The van der Waals surface area contributed by atoms with Gasteiger partial charge in [0.15, 0.2) is 6.20 Å². The van der Waals surface area contributed by atoms with Crippen LogP contribution in [0.15, 0.2) is 54.7 Å². The maximum Gasteiger partial charge on any atom is 0.425 e. The summed E-state index contributed by atoms with van der Waals surface area (Å²) in [5.74, 6) is 0. The standard InChI is InChI=1S/C17H21NO3P/c1-17(2)13-20-22(19,15-11-7-8-12-18(15)3)21-16(17)14-9-5-4-6-10-14/h4-12,16H,13H2,1-3H3/q+1/t16-,22+/m0/s1. The van der Waals surface area contributed by atoms with E-state index < -0.39 is 7.60 Å². The number of hydrogen-bond donors (Lipinski definition) is 0. The highest BCUT2D eigenvalue weighted by Gasteiger charge is 2.49. The van der Waals surface area contributed by atoms with E-state index in [1.165, 1.54) is 0 Å². The number of hydrogen-bond acceptors (Lipinski definition) is 3. The Kier molecular flexibility index (Phi) is 3.94. The van der Waals surface area contributed by atoms with Crippen molar-refractivity contribution in [2.45, 2.75) is 20.0 Å². The molecule has 0 spiro atoms. The van der Waals surface area contributed by atoms with Crippen molar-refractivity contribution in [2.75, 3.05) is 6.61 Å². The minimum atomic E-state index is -3.34. The van der Waals surface area contributed by atoms with E-state index in [0.717, 1.165) is 5.56 Å². The van der Waals surface area contributed by atoms with Crippen LogP contribution in [0.25, 0.3) is 0 Å². The monoisotopic (exact) mass is 318 g/mol. The highest BCUT2D eigenvalue weighted by molar-refractivity contribution is 7.61. The molecule has 22 heavy (non-hydrogen) atoms. The van der Waals surface area contributed by atoms with E-state index in [1.54, 1.807) is 10.6 Å². The summed E-state index contributed by atoms with van der Waals surface area (Å²) in [5, 5.41) is 0. The summed E-state index contributed by atoms with van der Waals surface area (Å²) in [5.41, 5.74) is 1.35. The number of aromatic nitrogens is 1. The van der Waals surface area contributed by atoms with Gasteiger partial charge in [-0.15, -0.1) is 0 Å². The summed E-state index contributed by atoms with van der Waals surface area (Å²) in [6.07, 6.45) is 1.58. The molecule has 0 unspecified atom stereocenters. The van der Waals surface area contributed by atoms with Crippen molar-refractivity contribution in [3.63, 3.8) is 0 Å². The molecule has 1 aromatic carbocycles. The first-order valence-electron chi connectivity index (χ1n) is 7.35. The van der Waals surface area contributed by atoms with Gasteiger partial charge in [-0.25, -0.2) is 4.57 Å². The molecule has 1 fully saturated rings. The zero-order valence-electron chi connectivity index (χ0n) is 13.1. The van der Waals surface area contributed by atoms with Crippen LogP contribution in [-0.4, -0.2) is 6.61 Å². The molecule has 0 amide bonds. The fraction of sp³-hybridized carbons (Fsp3) is 0.353. The van der Waals surface area contributed by atoms with Crippen molar-refractivity contribution in [1.29, 1.82) is 0 Å². The van der Waals surface area contributed by atoms with E-state index >= 15 is 0 Å². The molecule has 0 bridgehead atoms. The van der Waals surface area contributed by atoms with Crippen LogP contribution in [0.5, 0.6) is 0 Å². The number of pyridine rings is 1. The maximum absolute atomic E-state index is 13.3. The quantitative estimate of drug-likeness (QED) is 0.631. The second-order valence-corrected chi connectivity index (χ2v) is 8.25. The maximum atomic E-state index is 13.3. The normalized spacial score (nSPS) is 27.5. The predicted octanol–water partition coefficient (Wildman–Crippen LogP) is 3.14. The van der Waals surface area contributed by atoms with E-state index in [9.17, 15) is 4.57 Å². The van der Waals surface area contributed by atoms with Gasteiger partial charge >= 0.3 is 7.60 Å². The molecule has 2 aromatic rings. The van der Waals surface area contributed by atoms with Gasteiger partial charge in [-0.2, -0.15) is 4.57 Å². The van der Waals surface area contributed by atoms with Gasteiger partial charge in [-0.05, 0) is 11.6 Å². The van der Waals surface area contributed by atoms with Crippen LogP contribution in [0.4, 0.5) is 0 Å². The molecule has 0 N–H and O–H groups in total. The topological polar surface area (TPSA) is 39.4 Å². The summed E-state index contributed by atoms with van der Waals surface area (Å²) in [6, 6.07) is 15.4. The van der Waals surface area contributed by atoms with E-state index in [4.69, 9.17) is 9.05 Å². The molecular formula is C17H21NO3P+. The van der Waals surface area contributed by atoms with Crippen molar-refractivity contribution in [3.05, 3.63) is 60.3 Å². The second-order valence-electron chi connectivity index (χ2n) is 6.33. The third-order valence-corrected chi connectivity index (χ3v) is 5.95. The van der Waals surface area contributed by atoms with E-state index in [1.807, 2.05) is 55.7 Å². The number of rotatable bonds is 2. The van der Waals surface area contributed by atoms with E-state index in [2.05, 4.69) is 13.8 Å². The number of nitrogens with zero attached hydrogens (tertiary/aromatic N) is 1. The molecule has 116 valence electrons. The van der Waals surface area contributed by atoms with Gasteiger partial charge in [0.1, 0.15) is 7.05 Å². The highest BCUT2D eigenvalue weighted by Crippen LogP contribution is 2.59. The van der Waals surface area contributed by atoms with Gasteiger partial charge in [0.05, 0.1) is 12.7 Å². The fourth-order valence-corrected chi connectivity index (χ4v) is 4.91. The van der Waals surface area contributed by atoms with Crippen LogP contribution in [0.3, 0.4) is 0 Å². The Labute approximate surface area is 131 Å². The highest BCUT2D eigenvalue weighted by atomic mass is 31.2. The van der Waals surface area contributed by atoms with Crippen LogP contribution in [0.2, 0.25) is 0 Å². The first kappa shape index (κ1) is 15.4. The molecule has 0 saturated carbocycles. The third-order valence-electron chi connectivity index (χ3n) is 3.97. The summed E-state index contributed by atoms with van der Waals surface area (Å²) < 4.78 is 26.8. The molecular weight excluding hydrogens is 297 g/mol. The van der Waals surface area contributed by atoms with Crippen LogP contribution >= 0.6 is 7.60 Å². The van der Waals surface area contributed by atoms with Crippen molar-refractivity contribution in [1.82, 2.24) is 0 Å². The fourth-order valence-electron chi connectivity index (χ4n) is 2.70. The van der Waals surface area contributed by atoms with Gasteiger partial charge in [0.2, 0.25) is 0 Å². The smallest absolute Gasteiger partial charge is 0.300 e. The summed E-state index contributed by atoms with van der Waals surface area (Å²) in [4.78, 5) is 0. The Morgan fingerprint density at radius 3 is 2.50 bits per heavy atom. The largest absolute Gasteiger partial charge is 0.425 e. The van der Waals surface area contributed by atoms with Crippen molar-refractivity contribution >= 4 is 13.0 Å². The zero-order valence-corrected chi connectivity index (χ0v) is 14.0. The van der Waals surface area contributed by atoms with Crippen molar-refractivity contribution in [2.24, 2.45) is 12.5 Å². The lowest BCUT2D eigenvalue weighted by atomic mass is 9.83. The number of aryl methyl sites for hydroxylation is 1. The summed E-state index contributed by atoms with van der Waals surface area (Å²) in [7, 11) is -1.50. The number of benzene rings is 1. The molecule has 2 heterocycles. The Hall–Kier alpha value is -1.48. The summed E-state index contributed by atoms with van der Waals surface area (Å²) >= 11 is 0. The Morgan fingerprint density at radius 2 is 1.82 bits per heavy atom. The van der Waals surface area contributed by atoms with Gasteiger partial charge in [0, 0.05) is 17.5 Å². The zero-order chi connectivity index (χ0) is 15.8. The molecule has 2 atom stereocenters. The first-order valence-corrected chi connectivity index (χ1v) is 8.90. The second kappa shape index (κ2) is 5.62. The van der Waals surface area contributed by atoms with E-state index in [0.29, 0.717) is 12.0 Å². The Bertz CT molecular complexity index is 715. The van der Waals surface area contributed by atoms with E-state index in [-0.39, 0.29) is 11.5 Å². The Morgan fingerprint density at radius 1 is 1.14 bits per heavy atom. The first-order chi connectivity index (χ1) is 10.4. The van der Waals surface area contributed by atoms with Crippen LogP contribution < -0.4 is 10.0 Å². The lowest BCUT2D eigenvalue weighted by Crippen LogP contribution is -2.47. The van der Waals surface area contributed by atoms with Crippen LogP contribution in [-0.2, 0) is 20.7 Å². The molecule has 5 heteroatoms. The molecule has 1 saturated heterocycles. The van der Waals surface area contributed by atoms with Crippen LogP contribution in [0.1, 0.15) is 25.5 Å². The van der Waals surface area contributed by atoms with Crippen LogP contribution in [0, 0.1) is 5.41 Å². The third kappa shape index (κ3) is 2.74. The average molecular weight is 318 g/mol. The van der Waals surface area contributed by atoms with Crippen molar-refractivity contribution in [3.8, 4) is 0 Å². The molecule has 4 nitrogen and oxygen atoms in total. The summed E-state index contributed by atoms with van der Waals surface area (Å²) in [6.45, 7) is 4.52. The Balaban J connectivity index is 2.01. The van der Waals surface area contributed by atoms with Crippen molar-refractivity contribution < 1.29 is 18.2 Å². The minimum Gasteiger partial charge on any atom is -0.300 e. The van der Waals surface area contributed by atoms with Gasteiger partial charge in [0.25, 0.3) is 5.44 Å². The molecule has 1 aliphatic rings. The van der Waals surface area contributed by atoms with Gasteiger partial charge in [-0.3, -0.25) is 4.52 Å². The predicted molar refractivity (Wildman–Crippen MR) is 84.9 cm³/mol. The lowest BCUT2D eigenvalue weighted by molar-refractivity contribution is -0.654. The minimum absolute atomic E-state index is 0.247. The van der Waals surface area contributed by atoms with Gasteiger partial charge < -0.3 is 4.52 Å². The molecule has 0 radical (unpaired) electrons. The molecule has 3 rings (SSSR count). The lowest BCUT2D eigenvalue weighted by Gasteiger charge is -2.40.